The first-order valence-electron chi connectivity index (χ1n) is 9.05. The monoisotopic (exact) mass is 405 g/mol. The van der Waals surface area contributed by atoms with Crippen LogP contribution in [0, 0.1) is 0 Å². The summed E-state index contributed by atoms with van der Waals surface area (Å²) in [6, 6.07) is 16.9. The van der Waals surface area contributed by atoms with Gasteiger partial charge in [-0.05, 0) is 38.5 Å². The summed E-state index contributed by atoms with van der Waals surface area (Å²) in [5.74, 6) is -0.287. The summed E-state index contributed by atoms with van der Waals surface area (Å²) in [6.45, 7) is 5.59. The van der Waals surface area contributed by atoms with Gasteiger partial charge in [-0.25, -0.2) is 13.2 Å². The summed E-state index contributed by atoms with van der Waals surface area (Å²) < 4.78 is 36.3. The van der Waals surface area contributed by atoms with Gasteiger partial charge in [0.2, 0.25) is 0 Å². The van der Waals surface area contributed by atoms with Crippen molar-refractivity contribution in [3.05, 3.63) is 66.2 Å². The summed E-state index contributed by atoms with van der Waals surface area (Å²) in [5.41, 5.74) is 0.280. The standard InChI is InChI=1S/C21H27NO5S/c1-21(2,3)27-20(23)22-18(15-26-14-17-10-6-4-7-11-17)16-28(24,25)19-12-8-5-9-13-19/h4-13,18H,14-16H2,1-3H3,(H,22,23)/t18-/m1/s1. The Balaban J connectivity index is 2.05. The number of ether oxygens (including phenoxy) is 2. The average Bonchev–Trinajstić information content (AvgIpc) is 2.61. The molecule has 7 heteroatoms. The lowest BCUT2D eigenvalue weighted by Gasteiger charge is -2.23. The number of alkyl carbamates (subject to hydrolysis) is 1. The summed E-state index contributed by atoms with van der Waals surface area (Å²) >= 11 is 0. The Labute approximate surface area is 166 Å². The maximum absolute atomic E-state index is 12.7. The lowest BCUT2D eigenvalue weighted by molar-refractivity contribution is 0.0444. The van der Waals surface area contributed by atoms with Crippen LogP contribution in [0.4, 0.5) is 4.79 Å². The predicted molar refractivity (Wildman–Crippen MR) is 108 cm³/mol. The number of benzene rings is 2. The highest BCUT2D eigenvalue weighted by Gasteiger charge is 2.25. The fourth-order valence-electron chi connectivity index (χ4n) is 2.49. The number of sulfone groups is 1. The van der Waals surface area contributed by atoms with Crippen LogP contribution < -0.4 is 5.32 Å². The first kappa shape index (κ1) is 21.9. The number of nitrogens with one attached hydrogen (secondary N) is 1. The van der Waals surface area contributed by atoms with Crippen molar-refractivity contribution in [2.75, 3.05) is 12.4 Å². The van der Waals surface area contributed by atoms with E-state index in [4.69, 9.17) is 9.47 Å². The van der Waals surface area contributed by atoms with Gasteiger partial charge in [0.1, 0.15) is 5.60 Å². The fraction of sp³-hybridized carbons (Fsp3) is 0.381. The number of hydrogen-bond acceptors (Lipinski definition) is 5. The van der Waals surface area contributed by atoms with Gasteiger partial charge in [-0.1, -0.05) is 48.5 Å². The molecule has 0 aromatic heterocycles. The van der Waals surface area contributed by atoms with Crippen LogP contribution in [0.5, 0.6) is 0 Å². The minimum atomic E-state index is -3.59. The lowest BCUT2D eigenvalue weighted by atomic mass is 10.2. The molecule has 2 aromatic rings. The second-order valence-corrected chi connectivity index (χ2v) is 9.47. The van der Waals surface area contributed by atoms with Gasteiger partial charge in [0, 0.05) is 0 Å². The maximum atomic E-state index is 12.7. The highest BCUT2D eigenvalue weighted by molar-refractivity contribution is 7.91. The van der Waals surface area contributed by atoms with Gasteiger partial charge in [-0.15, -0.1) is 0 Å². The normalized spacial score (nSPS) is 13.0. The van der Waals surface area contributed by atoms with Gasteiger partial charge in [0.05, 0.1) is 29.9 Å². The van der Waals surface area contributed by atoms with Crippen molar-refractivity contribution in [1.82, 2.24) is 5.32 Å². The molecule has 0 fully saturated rings. The Morgan fingerprint density at radius 3 is 2.14 bits per heavy atom. The molecular weight excluding hydrogens is 378 g/mol. The van der Waals surface area contributed by atoms with Crippen molar-refractivity contribution in [2.45, 2.75) is 43.9 Å². The summed E-state index contributed by atoms with van der Waals surface area (Å²) in [4.78, 5) is 12.3. The van der Waals surface area contributed by atoms with E-state index in [1.165, 1.54) is 12.1 Å². The molecule has 6 nitrogen and oxygen atoms in total. The Morgan fingerprint density at radius 2 is 1.57 bits per heavy atom. The first-order chi connectivity index (χ1) is 13.2. The van der Waals surface area contributed by atoms with Gasteiger partial charge in [-0.2, -0.15) is 0 Å². The van der Waals surface area contributed by atoms with Crippen molar-refractivity contribution in [2.24, 2.45) is 0 Å². The summed E-state index contributed by atoms with van der Waals surface area (Å²) in [5, 5.41) is 2.62. The molecule has 0 aliphatic rings. The van der Waals surface area contributed by atoms with E-state index in [-0.39, 0.29) is 17.3 Å². The molecule has 0 saturated carbocycles. The van der Waals surface area contributed by atoms with Gasteiger partial charge in [0.15, 0.2) is 9.84 Å². The number of amides is 1. The highest BCUT2D eigenvalue weighted by Crippen LogP contribution is 2.13. The third-order valence-electron chi connectivity index (χ3n) is 3.67. The zero-order valence-electron chi connectivity index (χ0n) is 16.4. The molecule has 1 N–H and O–H groups in total. The van der Waals surface area contributed by atoms with Gasteiger partial charge >= 0.3 is 6.09 Å². The van der Waals surface area contributed by atoms with Gasteiger partial charge in [0.25, 0.3) is 0 Å². The SMILES string of the molecule is CC(C)(C)OC(=O)N[C@H](COCc1ccccc1)CS(=O)(=O)c1ccccc1. The molecular formula is C21H27NO5S. The van der Waals surface area contributed by atoms with Crippen LogP contribution in [0.15, 0.2) is 65.6 Å². The molecule has 0 heterocycles. The molecule has 0 spiro atoms. The largest absolute Gasteiger partial charge is 0.444 e. The Morgan fingerprint density at radius 1 is 1.00 bits per heavy atom. The third-order valence-corrected chi connectivity index (χ3v) is 5.51. The molecule has 0 radical (unpaired) electrons. The molecule has 152 valence electrons. The van der Waals surface area contributed by atoms with E-state index in [9.17, 15) is 13.2 Å². The van der Waals surface area contributed by atoms with E-state index in [0.29, 0.717) is 6.61 Å². The molecule has 2 rings (SSSR count). The average molecular weight is 406 g/mol. The number of carbonyl (C=O) groups excluding carboxylic acids is 1. The predicted octanol–water partition coefficient (Wildman–Crippen LogP) is 3.57. The topological polar surface area (TPSA) is 81.7 Å². The summed E-state index contributed by atoms with van der Waals surface area (Å²) in [6.07, 6.45) is -0.677. The molecule has 0 unspecified atom stereocenters. The smallest absolute Gasteiger partial charge is 0.407 e. The Bertz CT molecular complexity index is 845. The molecule has 2 aromatic carbocycles. The van der Waals surface area contributed by atoms with Crippen LogP contribution >= 0.6 is 0 Å². The van der Waals surface area contributed by atoms with E-state index in [2.05, 4.69) is 5.32 Å². The fourth-order valence-corrected chi connectivity index (χ4v) is 3.96. The minimum absolute atomic E-state index is 0.0419. The second kappa shape index (κ2) is 9.71. The van der Waals surface area contributed by atoms with E-state index >= 15 is 0 Å². The van der Waals surface area contributed by atoms with Crippen molar-refractivity contribution in [3.8, 4) is 0 Å². The van der Waals surface area contributed by atoms with Crippen LogP contribution in [-0.2, 0) is 25.9 Å². The molecule has 0 aliphatic carbocycles. The first-order valence-corrected chi connectivity index (χ1v) is 10.7. The zero-order valence-corrected chi connectivity index (χ0v) is 17.2. The molecule has 1 atom stereocenters. The van der Waals surface area contributed by atoms with Gasteiger partial charge in [-0.3, -0.25) is 0 Å². The Hall–Kier alpha value is -2.38. The van der Waals surface area contributed by atoms with Crippen molar-refractivity contribution in [1.29, 1.82) is 0 Å². The number of rotatable bonds is 8. The molecule has 28 heavy (non-hydrogen) atoms. The van der Waals surface area contributed by atoms with Crippen LogP contribution in [0.1, 0.15) is 26.3 Å². The number of hydrogen-bond donors (Lipinski definition) is 1. The number of carbonyl (C=O) groups is 1. The van der Waals surface area contributed by atoms with Crippen molar-refractivity contribution < 1.29 is 22.7 Å². The maximum Gasteiger partial charge on any atom is 0.407 e. The quantitative estimate of drug-likeness (QED) is 0.726. The minimum Gasteiger partial charge on any atom is -0.444 e. The third kappa shape index (κ3) is 7.70. The lowest BCUT2D eigenvalue weighted by Crippen LogP contribution is -2.45. The molecule has 0 aliphatic heterocycles. The van der Waals surface area contributed by atoms with E-state index < -0.39 is 27.6 Å². The van der Waals surface area contributed by atoms with E-state index in [1.807, 2.05) is 30.3 Å². The van der Waals surface area contributed by atoms with Crippen molar-refractivity contribution >= 4 is 15.9 Å². The van der Waals surface area contributed by atoms with E-state index in [0.717, 1.165) is 5.56 Å². The summed E-state index contributed by atoms with van der Waals surface area (Å²) in [7, 11) is -3.59. The highest BCUT2D eigenvalue weighted by atomic mass is 32.2. The van der Waals surface area contributed by atoms with Crippen LogP contribution in [0.25, 0.3) is 0 Å². The van der Waals surface area contributed by atoms with E-state index in [1.54, 1.807) is 39.0 Å². The van der Waals surface area contributed by atoms with Crippen LogP contribution in [-0.4, -0.2) is 38.5 Å². The van der Waals surface area contributed by atoms with Crippen LogP contribution in [0.2, 0.25) is 0 Å². The van der Waals surface area contributed by atoms with Crippen LogP contribution in [0.3, 0.4) is 0 Å². The molecule has 0 saturated heterocycles. The molecule has 1 amide bonds. The second-order valence-electron chi connectivity index (χ2n) is 7.44. The molecule has 0 bridgehead atoms. The van der Waals surface area contributed by atoms with Crippen molar-refractivity contribution in [3.63, 3.8) is 0 Å². The van der Waals surface area contributed by atoms with Gasteiger partial charge < -0.3 is 14.8 Å². The Kier molecular flexibility index (Phi) is 7.60. The zero-order chi connectivity index (χ0) is 20.6.